The summed E-state index contributed by atoms with van der Waals surface area (Å²) in [6, 6.07) is 15.7. The Morgan fingerprint density at radius 2 is 1.81 bits per heavy atom. The molecule has 0 aliphatic carbocycles. The Kier molecular flexibility index (Phi) is 5.78. The highest BCUT2D eigenvalue weighted by molar-refractivity contribution is 7.98. The van der Waals surface area contributed by atoms with Crippen LogP contribution in [0.3, 0.4) is 0 Å². The Morgan fingerprint density at radius 3 is 2.56 bits per heavy atom. The minimum absolute atomic E-state index is 0.216. The average molecular weight is 371 g/mol. The second-order valence-corrected chi connectivity index (χ2v) is 6.40. The maximum Gasteiger partial charge on any atom is 0.258 e. The van der Waals surface area contributed by atoms with E-state index in [0.717, 1.165) is 5.56 Å². The molecule has 0 atom stereocenters. The topological polar surface area (TPSA) is 102 Å². The third-order valence-corrected chi connectivity index (χ3v) is 4.74. The van der Waals surface area contributed by atoms with Gasteiger partial charge in [-0.25, -0.2) is 4.98 Å². The lowest BCUT2D eigenvalue weighted by atomic mass is 10.1. The van der Waals surface area contributed by atoms with Gasteiger partial charge in [0, 0.05) is 30.0 Å². The minimum atomic E-state index is -0.325. The zero-order valence-corrected chi connectivity index (χ0v) is 14.9. The van der Waals surface area contributed by atoms with Crippen molar-refractivity contribution in [3.05, 3.63) is 83.3 Å². The Hall–Kier alpha value is -3.68. The maximum absolute atomic E-state index is 12.7. The monoisotopic (exact) mass is 371 g/mol. The minimum Gasteiger partial charge on any atom is -0.322 e. The van der Waals surface area contributed by atoms with Gasteiger partial charge < -0.3 is 5.32 Å². The molecule has 0 fully saturated rings. The molecule has 1 amide bonds. The number of aromatic nitrogens is 2. The first-order chi connectivity index (χ1) is 13.2. The van der Waals surface area contributed by atoms with E-state index in [1.807, 2.05) is 24.3 Å². The van der Waals surface area contributed by atoms with Crippen LogP contribution in [0.5, 0.6) is 0 Å². The molecule has 7 heteroatoms. The van der Waals surface area contributed by atoms with Crippen molar-refractivity contribution in [2.45, 2.75) is 10.8 Å². The molecule has 1 aromatic carbocycles. The average Bonchev–Trinajstić information content (AvgIpc) is 2.73. The number of nitrogens with zero attached hydrogens (tertiary/aromatic N) is 4. The summed E-state index contributed by atoms with van der Waals surface area (Å²) < 4.78 is 0. The van der Waals surface area contributed by atoms with Crippen molar-refractivity contribution in [2.24, 2.45) is 0 Å². The predicted molar refractivity (Wildman–Crippen MR) is 102 cm³/mol. The van der Waals surface area contributed by atoms with Gasteiger partial charge in [0.2, 0.25) is 0 Å². The number of amides is 1. The Labute approximate surface area is 160 Å². The van der Waals surface area contributed by atoms with Crippen LogP contribution in [0.25, 0.3) is 0 Å². The predicted octanol–water partition coefficient (Wildman–Crippen LogP) is 3.76. The Bertz CT molecular complexity index is 1050. The standard InChI is InChI=1S/C20H13N5OS/c21-11-15-3-4-17(10-16(15)12-22)25-19(26)18-2-1-7-24-20(18)27-13-14-5-8-23-9-6-14/h1-10H,13H2,(H,25,26). The SMILES string of the molecule is N#Cc1ccc(NC(=O)c2cccnc2SCc2ccncc2)cc1C#N. The number of nitrogens with one attached hydrogen (secondary N) is 1. The summed E-state index contributed by atoms with van der Waals surface area (Å²) in [5.74, 6) is 0.337. The van der Waals surface area contributed by atoms with E-state index in [1.54, 1.807) is 36.8 Å². The van der Waals surface area contributed by atoms with Crippen molar-refractivity contribution in [2.75, 3.05) is 5.32 Å². The van der Waals surface area contributed by atoms with E-state index < -0.39 is 0 Å². The molecule has 0 saturated carbocycles. The summed E-state index contributed by atoms with van der Waals surface area (Å²) in [6.07, 6.45) is 5.08. The van der Waals surface area contributed by atoms with Crippen molar-refractivity contribution in [3.8, 4) is 12.1 Å². The summed E-state index contributed by atoms with van der Waals surface area (Å²) >= 11 is 1.46. The third-order valence-electron chi connectivity index (χ3n) is 3.66. The molecular formula is C20H13N5OS. The highest BCUT2D eigenvalue weighted by atomic mass is 32.2. The zero-order valence-electron chi connectivity index (χ0n) is 14.1. The van der Waals surface area contributed by atoms with Crippen LogP contribution in [0, 0.1) is 22.7 Å². The van der Waals surface area contributed by atoms with Gasteiger partial charge in [0.1, 0.15) is 17.2 Å². The van der Waals surface area contributed by atoms with Crippen LogP contribution in [0.2, 0.25) is 0 Å². The van der Waals surface area contributed by atoms with Crippen LogP contribution < -0.4 is 5.32 Å². The van der Waals surface area contributed by atoms with Crippen molar-refractivity contribution in [3.63, 3.8) is 0 Å². The summed E-state index contributed by atoms with van der Waals surface area (Å²) in [5, 5.41) is 21.5. The van der Waals surface area contributed by atoms with Gasteiger partial charge >= 0.3 is 0 Å². The van der Waals surface area contributed by atoms with Crippen molar-refractivity contribution in [1.29, 1.82) is 10.5 Å². The third kappa shape index (κ3) is 4.49. The first-order valence-corrected chi connectivity index (χ1v) is 8.92. The molecule has 1 N–H and O–H groups in total. The number of thioether (sulfide) groups is 1. The van der Waals surface area contributed by atoms with Crippen LogP contribution in [0.4, 0.5) is 5.69 Å². The largest absolute Gasteiger partial charge is 0.322 e. The van der Waals surface area contributed by atoms with Gasteiger partial charge in [0.15, 0.2) is 0 Å². The highest BCUT2D eigenvalue weighted by Crippen LogP contribution is 2.25. The van der Waals surface area contributed by atoms with Crippen LogP contribution in [0.15, 0.2) is 66.1 Å². The summed E-state index contributed by atoms with van der Waals surface area (Å²) in [4.78, 5) is 21.0. The normalized spacial score (nSPS) is 9.85. The van der Waals surface area contributed by atoms with Crippen LogP contribution in [-0.2, 0) is 5.75 Å². The lowest BCUT2D eigenvalue weighted by Crippen LogP contribution is -2.14. The van der Waals surface area contributed by atoms with E-state index in [2.05, 4.69) is 15.3 Å². The number of pyridine rings is 2. The van der Waals surface area contributed by atoms with Gasteiger partial charge in [-0.2, -0.15) is 10.5 Å². The molecule has 0 unspecified atom stereocenters. The molecule has 3 rings (SSSR count). The van der Waals surface area contributed by atoms with Gasteiger partial charge in [0.05, 0.1) is 16.7 Å². The van der Waals surface area contributed by atoms with E-state index in [1.165, 1.54) is 23.9 Å². The van der Waals surface area contributed by atoms with Crippen molar-refractivity contribution >= 4 is 23.4 Å². The van der Waals surface area contributed by atoms with Gasteiger partial charge in [0.25, 0.3) is 5.91 Å². The fourth-order valence-corrected chi connectivity index (χ4v) is 3.27. The molecule has 3 aromatic rings. The molecule has 0 saturated heterocycles. The van der Waals surface area contributed by atoms with E-state index in [4.69, 9.17) is 10.5 Å². The van der Waals surface area contributed by atoms with E-state index in [0.29, 0.717) is 22.0 Å². The fraction of sp³-hybridized carbons (Fsp3) is 0.0500. The maximum atomic E-state index is 12.7. The summed E-state index contributed by atoms with van der Waals surface area (Å²) in [6.45, 7) is 0. The first kappa shape index (κ1) is 18.1. The Balaban J connectivity index is 1.78. The molecule has 2 aromatic heterocycles. The van der Waals surface area contributed by atoms with Gasteiger partial charge in [-0.3, -0.25) is 9.78 Å². The molecule has 27 heavy (non-hydrogen) atoms. The Morgan fingerprint density at radius 1 is 1.04 bits per heavy atom. The molecule has 0 radical (unpaired) electrons. The van der Waals surface area contributed by atoms with E-state index in [9.17, 15) is 4.79 Å². The number of anilines is 1. The van der Waals surface area contributed by atoms with Gasteiger partial charge in [-0.1, -0.05) is 0 Å². The number of benzene rings is 1. The first-order valence-electron chi connectivity index (χ1n) is 7.93. The number of carbonyl (C=O) groups excluding carboxylic acids is 1. The van der Waals surface area contributed by atoms with Gasteiger partial charge in [-0.05, 0) is 48.0 Å². The van der Waals surface area contributed by atoms with Crippen LogP contribution >= 0.6 is 11.8 Å². The van der Waals surface area contributed by atoms with Crippen molar-refractivity contribution in [1.82, 2.24) is 9.97 Å². The molecular weight excluding hydrogens is 358 g/mol. The molecule has 0 bridgehead atoms. The smallest absolute Gasteiger partial charge is 0.258 e. The van der Waals surface area contributed by atoms with Gasteiger partial charge in [-0.15, -0.1) is 11.8 Å². The van der Waals surface area contributed by atoms with E-state index in [-0.39, 0.29) is 17.0 Å². The summed E-state index contributed by atoms with van der Waals surface area (Å²) in [7, 11) is 0. The number of hydrogen-bond acceptors (Lipinski definition) is 6. The van der Waals surface area contributed by atoms with Crippen LogP contribution in [0.1, 0.15) is 27.0 Å². The lowest BCUT2D eigenvalue weighted by molar-refractivity contribution is 0.102. The molecule has 0 aliphatic rings. The van der Waals surface area contributed by atoms with Crippen LogP contribution in [-0.4, -0.2) is 15.9 Å². The number of rotatable bonds is 5. The second-order valence-electron chi connectivity index (χ2n) is 5.44. The molecule has 6 nitrogen and oxygen atoms in total. The fourth-order valence-electron chi connectivity index (χ4n) is 2.32. The van der Waals surface area contributed by atoms with E-state index >= 15 is 0 Å². The summed E-state index contributed by atoms with van der Waals surface area (Å²) in [5.41, 5.74) is 2.46. The molecule has 2 heterocycles. The number of carbonyl (C=O) groups is 1. The quantitative estimate of drug-likeness (QED) is 0.685. The lowest BCUT2D eigenvalue weighted by Gasteiger charge is -2.09. The number of nitriles is 2. The molecule has 0 spiro atoms. The van der Waals surface area contributed by atoms with Crippen molar-refractivity contribution < 1.29 is 4.79 Å². The zero-order chi connectivity index (χ0) is 19.1. The number of hydrogen-bond donors (Lipinski definition) is 1. The second kappa shape index (κ2) is 8.61. The molecule has 130 valence electrons. The highest BCUT2D eigenvalue weighted by Gasteiger charge is 2.14. The molecule has 0 aliphatic heterocycles.